The number of nitrogens with one attached hydrogen (secondary N) is 1. The first kappa shape index (κ1) is 12.0. The van der Waals surface area contributed by atoms with Gasteiger partial charge in [0, 0.05) is 26.3 Å². The van der Waals surface area contributed by atoms with Crippen molar-refractivity contribution in [1.29, 1.82) is 0 Å². The van der Waals surface area contributed by atoms with Crippen molar-refractivity contribution >= 4 is 11.6 Å². The summed E-state index contributed by atoms with van der Waals surface area (Å²) < 4.78 is 1.72. The van der Waals surface area contributed by atoms with Crippen molar-refractivity contribution in [2.75, 3.05) is 25.0 Å². The molecule has 1 amide bonds. The molecular weight excluding hydrogens is 216 g/mol. The van der Waals surface area contributed by atoms with Crippen molar-refractivity contribution < 1.29 is 4.79 Å². The van der Waals surface area contributed by atoms with Crippen LogP contribution in [0.4, 0.5) is 5.69 Å². The van der Waals surface area contributed by atoms with Crippen molar-refractivity contribution in [1.82, 2.24) is 14.7 Å². The fourth-order valence-electron chi connectivity index (χ4n) is 2.12. The molecule has 0 bridgehead atoms. The van der Waals surface area contributed by atoms with Gasteiger partial charge in [0.2, 0.25) is 5.91 Å². The van der Waals surface area contributed by atoms with Crippen molar-refractivity contribution in [3.63, 3.8) is 0 Å². The van der Waals surface area contributed by atoms with Gasteiger partial charge < -0.3 is 10.2 Å². The Morgan fingerprint density at radius 2 is 2.06 bits per heavy atom. The second-order valence-electron chi connectivity index (χ2n) is 4.55. The zero-order valence-corrected chi connectivity index (χ0v) is 10.4. The maximum Gasteiger partial charge on any atom is 0.241 e. The first-order valence-electron chi connectivity index (χ1n) is 6.26. The third-order valence-corrected chi connectivity index (χ3v) is 3.11. The number of carbonyl (C=O) groups excluding carboxylic acids is 1. The molecule has 0 aliphatic carbocycles. The van der Waals surface area contributed by atoms with Crippen molar-refractivity contribution in [2.24, 2.45) is 7.05 Å². The molecule has 1 aromatic rings. The van der Waals surface area contributed by atoms with Crippen LogP contribution in [0.5, 0.6) is 0 Å². The van der Waals surface area contributed by atoms with Gasteiger partial charge in [-0.1, -0.05) is 12.8 Å². The van der Waals surface area contributed by atoms with E-state index in [1.54, 1.807) is 10.9 Å². The van der Waals surface area contributed by atoms with E-state index in [0.717, 1.165) is 31.6 Å². The summed E-state index contributed by atoms with van der Waals surface area (Å²) in [5.74, 6) is 0.191. The van der Waals surface area contributed by atoms with Crippen molar-refractivity contribution in [3.05, 3.63) is 12.4 Å². The van der Waals surface area contributed by atoms with Crippen LogP contribution in [0.15, 0.2) is 12.4 Å². The number of hydrogen-bond acceptors (Lipinski definition) is 3. The Kier molecular flexibility index (Phi) is 4.01. The predicted molar refractivity (Wildman–Crippen MR) is 66.7 cm³/mol. The first-order chi connectivity index (χ1) is 8.25. The molecule has 0 aromatic carbocycles. The zero-order chi connectivity index (χ0) is 12.1. The van der Waals surface area contributed by atoms with Gasteiger partial charge in [-0.3, -0.25) is 9.48 Å². The molecule has 0 unspecified atom stereocenters. The molecule has 1 aromatic heterocycles. The van der Waals surface area contributed by atoms with E-state index in [0.29, 0.717) is 6.54 Å². The minimum atomic E-state index is 0.191. The van der Waals surface area contributed by atoms with Crippen LogP contribution in [-0.4, -0.2) is 40.2 Å². The van der Waals surface area contributed by atoms with Gasteiger partial charge >= 0.3 is 0 Å². The molecular formula is C12H20N4O. The quantitative estimate of drug-likeness (QED) is 0.859. The van der Waals surface area contributed by atoms with E-state index in [4.69, 9.17) is 0 Å². The summed E-state index contributed by atoms with van der Waals surface area (Å²) in [5, 5.41) is 7.16. The van der Waals surface area contributed by atoms with Gasteiger partial charge in [-0.15, -0.1) is 0 Å². The highest BCUT2D eigenvalue weighted by Gasteiger charge is 2.14. The van der Waals surface area contributed by atoms with Crippen LogP contribution < -0.4 is 5.32 Å². The highest BCUT2D eigenvalue weighted by Crippen LogP contribution is 2.10. The lowest BCUT2D eigenvalue weighted by Gasteiger charge is -2.20. The normalized spacial score (nSPS) is 16.6. The van der Waals surface area contributed by atoms with Gasteiger partial charge in [0.1, 0.15) is 0 Å². The molecule has 0 atom stereocenters. The summed E-state index contributed by atoms with van der Waals surface area (Å²) in [6.45, 7) is 2.19. The van der Waals surface area contributed by atoms with Crippen LogP contribution in [-0.2, 0) is 11.8 Å². The lowest BCUT2D eigenvalue weighted by molar-refractivity contribution is -0.129. The summed E-state index contributed by atoms with van der Waals surface area (Å²) in [7, 11) is 1.86. The molecule has 1 fully saturated rings. The number of likely N-dealkylation sites (tertiary alicyclic amines) is 1. The predicted octanol–water partition coefficient (Wildman–Crippen LogP) is 1.23. The molecule has 17 heavy (non-hydrogen) atoms. The van der Waals surface area contributed by atoms with Crippen LogP contribution in [0, 0.1) is 0 Å². The van der Waals surface area contributed by atoms with Crippen LogP contribution in [0.3, 0.4) is 0 Å². The molecule has 94 valence electrons. The lowest BCUT2D eigenvalue weighted by Crippen LogP contribution is -2.36. The Labute approximate surface area is 102 Å². The van der Waals surface area contributed by atoms with Gasteiger partial charge in [0.25, 0.3) is 0 Å². The number of aromatic nitrogens is 2. The highest BCUT2D eigenvalue weighted by atomic mass is 16.2. The molecule has 1 aliphatic heterocycles. The minimum Gasteiger partial charge on any atom is -0.374 e. The summed E-state index contributed by atoms with van der Waals surface area (Å²) in [6.07, 6.45) is 8.38. The van der Waals surface area contributed by atoms with E-state index >= 15 is 0 Å². The van der Waals surface area contributed by atoms with E-state index in [-0.39, 0.29) is 5.91 Å². The number of anilines is 1. The highest BCUT2D eigenvalue weighted by molar-refractivity contribution is 5.80. The van der Waals surface area contributed by atoms with E-state index in [9.17, 15) is 4.79 Å². The molecule has 2 rings (SSSR count). The smallest absolute Gasteiger partial charge is 0.241 e. The van der Waals surface area contributed by atoms with E-state index in [1.807, 2.05) is 18.1 Å². The fraction of sp³-hybridized carbons (Fsp3) is 0.667. The Bertz CT molecular complexity index is 366. The summed E-state index contributed by atoms with van der Waals surface area (Å²) in [4.78, 5) is 13.9. The fourth-order valence-corrected chi connectivity index (χ4v) is 2.12. The number of amides is 1. The maximum atomic E-state index is 12.0. The van der Waals surface area contributed by atoms with Gasteiger partial charge in [-0.25, -0.2) is 0 Å². The summed E-state index contributed by atoms with van der Waals surface area (Å²) in [6, 6.07) is 0. The second kappa shape index (κ2) is 5.70. The molecule has 0 radical (unpaired) electrons. The molecule has 2 heterocycles. The van der Waals surface area contributed by atoms with Crippen LogP contribution >= 0.6 is 0 Å². The summed E-state index contributed by atoms with van der Waals surface area (Å²) in [5.41, 5.74) is 0.899. The standard InChI is InChI=1S/C12H20N4O/c1-15-10-11(8-14-15)13-9-12(17)16-6-4-2-3-5-7-16/h8,10,13H,2-7,9H2,1H3. The Balaban J connectivity index is 1.79. The molecule has 1 N–H and O–H groups in total. The van der Waals surface area contributed by atoms with Gasteiger partial charge in [0.05, 0.1) is 18.4 Å². The van der Waals surface area contributed by atoms with E-state index in [2.05, 4.69) is 10.4 Å². The average Bonchev–Trinajstić information content (AvgIpc) is 2.58. The van der Waals surface area contributed by atoms with Crippen LogP contribution in [0.25, 0.3) is 0 Å². The second-order valence-corrected chi connectivity index (χ2v) is 4.55. The van der Waals surface area contributed by atoms with Gasteiger partial charge in [-0.05, 0) is 12.8 Å². The van der Waals surface area contributed by atoms with E-state index in [1.165, 1.54) is 12.8 Å². The third kappa shape index (κ3) is 3.47. The third-order valence-electron chi connectivity index (χ3n) is 3.11. The molecule has 0 saturated carbocycles. The van der Waals surface area contributed by atoms with Gasteiger partial charge in [-0.2, -0.15) is 5.10 Å². The van der Waals surface area contributed by atoms with Crippen LogP contribution in [0.2, 0.25) is 0 Å². The van der Waals surface area contributed by atoms with Crippen molar-refractivity contribution in [3.8, 4) is 0 Å². The average molecular weight is 236 g/mol. The Morgan fingerprint density at radius 3 is 2.65 bits per heavy atom. The van der Waals surface area contributed by atoms with Gasteiger partial charge in [0.15, 0.2) is 0 Å². The number of hydrogen-bond donors (Lipinski definition) is 1. The number of aryl methyl sites for hydroxylation is 1. The van der Waals surface area contributed by atoms with Crippen molar-refractivity contribution in [2.45, 2.75) is 25.7 Å². The zero-order valence-electron chi connectivity index (χ0n) is 10.4. The Hall–Kier alpha value is -1.52. The number of nitrogens with zero attached hydrogens (tertiary/aromatic N) is 3. The largest absolute Gasteiger partial charge is 0.374 e. The minimum absolute atomic E-state index is 0.191. The molecule has 5 heteroatoms. The Morgan fingerprint density at radius 1 is 1.35 bits per heavy atom. The number of rotatable bonds is 3. The molecule has 0 spiro atoms. The molecule has 1 aliphatic rings. The summed E-state index contributed by atoms with van der Waals surface area (Å²) >= 11 is 0. The number of carbonyl (C=O) groups is 1. The monoisotopic (exact) mass is 236 g/mol. The maximum absolute atomic E-state index is 12.0. The molecule has 5 nitrogen and oxygen atoms in total. The molecule has 1 saturated heterocycles. The lowest BCUT2D eigenvalue weighted by atomic mass is 10.2. The topological polar surface area (TPSA) is 50.2 Å². The first-order valence-corrected chi connectivity index (χ1v) is 6.26. The SMILES string of the molecule is Cn1cc(NCC(=O)N2CCCCCC2)cn1. The van der Waals surface area contributed by atoms with Crippen LogP contribution in [0.1, 0.15) is 25.7 Å². The van der Waals surface area contributed by atoms with E-state index < -0.39 is 0 Å².